The lowest BCUT2D eigenvalue weighted by atomic mass is 10.0. The number of carbonyl (C=O) groups is 3. The van der Waals surface area contributed by atoms with E-state index < -0.39 is 23.4 Å². The van der Waals surface area contributed by atoms with Crippen LogP contribution in [0, 0.1) is 23.0 Å². The number of benzene rings is 2. The molecule has 0 atom stereocenters. The first kappa shape index (κ1) is 26.7. The molecule has 186 valence electrons. The first-order valence-electron chi connectivity index (χ1n) is 11.0. The van der Waals surface area contributed by atoms with Crippen molar-refractivity contribution in [1.82, 2.24) is 16.0 Å². The van der Waals surface area contributed by atoms with E-state index >= 15 is 0 Å². The lowest BCUT2D eigenvalue weighted by Crippen LogP contribution is -2.39. The van der Waals surface area contributed by atoms with Gasteiger partial charge >= 0.3 is 11.8 Å². The summed E-state index contributed by atoms with van der Waals surface area (Å²) in [4.78, 5) is 33.9. The van der Waals surface area contributed by atoms with E-state index in [0.717, 1.165) is 23.3 Å². The Bertz CT molecular complexity index is 1280. The molecule has 0 saturated heterocycles. The summed E-state index contributed by atoms with van der Waals surface area (Å²) in [6.07, 6.45) is 2.62. The Kier molecular flexibility index (Phi) is 9.00. The maximum atomic E-state index is 13.9. The Hall–Kier alpha value is -3.94. The Balaban J connectivity index is 0.000000201. The molecular formula is C26H24F2N4O3S. The fourth-order valence-electron chi connectivity index (χ4n) is 3.55. The highest BCUT2D eigenvalue weighted by atomic mass is 32.1. The van der Waals surface area contributed by atoms with Crippen molar-refractivity contribution >= 4 is 29.4 Å². The van der Waals surface area contributed by atoms with E-state index in [1.165, 1.54) is 17.4 Å². The lowest BCUT2D eigenvalue weighted by Gasteiger charge is -2.16. The Morgan fingerprint density at radius 3 is 2.44 bits per heavy atom. The number of nitrogens with zero attached hydrogens (tertiary/aromatic N) is 1. The maximum Gasteiger partial charge on any atom is 0.310 e. The molecule has 1 heterocycles. The molecule has 0 radical (unpaired) electrons. The van der Waals surface area contributed by atoms with E-state index in [0.29, 0.717) is 23.0 Å². The van der Waals surface area contributed by atoms with E-state index in [1.807, 2.05) is 24.6 Å². The van der Waals surface area contributed by atoms with Gasteiger partial charge in [-0.25, -0.2) is 8.78 Å². The second-order valence-corrected chi connectivity index (χ2v) is 8.92. The molecule has 1 fully saturated rings. The minimum Gasteiger partial charge on any atom is -0.344 e. The molecule has 1 aliphatic carbocycles. The van der Waals surface area contributed by atoms with Crippen LogP contribution in [-0.4, -0.2) is 31.7 Å². The topological polar surface area (TPSA) is 111 Å². The van der Waals surface area contributed by atoms with Gasteiger partial charge in [0, 0.05) is 28.1 Å². The van der Waals surface area contributed by atoms with Gasteiger partial charge in [-0.05, 0) is 54.6 Å². The van der Waals surface area contributed by atoms with Gasteiger partial charge in [0.1, 0.15) is 12.8 Å². The second-order valence-electron chi connectivity index (χ2n) is 7.97. The van der Waals surface area contributed by atoms with Crippen LogP contribution >= 0.6 is 11.3 Å². The molecule has 1 aliphatic rings. The number of nitrogens with one attached hydrogen (secondary N) is 3. The van der Waals surface area contributed by atoms with Crippen molar-refractivity contribution < 1.29 is 23.2 Å². The zero-order chi connectivity index (χ0) is 26.1. The summed E-state index contributed by atoms with van der Waals surface area (Å²) in [6, 6.07) is 15.1. The maximum absolute atomic E-state index is 13.9. The summed E-state index contributed by atoms with van der Waals surface area (Å²) < 4.78 is 27.6. The third-order valence-corrected chi connectivity index (χ3v) is 6.65. The van der Waals surface area contributed by atoms with Crippen molar-refractivity contribution in [2.24, 2.45) is 0 Å². The standard InChI is InChI=1S/C14H13F2NS.C12H11N3O3/c1-17-14(4-5-14)9-7-10(12-3-2-6-18-12)13(16)11(15)8-9;13-5-6-14-11(17)12(18)15-7-9-3-1-2-4-10(9)8-16/h2-3,6-8,17H,4-5H2,1H3;1-4,8H,6-7H2,(H,14,17)(H,15,18). The number of aldehydes is 1. The second kappa shape index (κ2) is 12.2. The number of amides is 2. The first-order valence-corrected chi connectivity index (χ1v) is 11.9. The lowest BCUT2D eigenvalue weighted by molar-refractivity contribution is -0.139. The van der Waals surface area contributed by atoms with Crippen molar-refractivity contribution in [3.63, 3.8) is 0 Å². The predicted octanol–water partition coefficient (Wildman–Crippen LogP) is 3.66. The van der Waals surface area contributed by atoms with E-state index in [-0.39, 0.29) is 18.6 Å². The van der Waals surface area contributed by atoms with Crippen LogP contribution in [0.25, 0.3) is 10.4 Å². The van der Waals surface area contributed by atoms with E-state index in [1.54, 1.807) is 36.4 Å². The number of carbonyl (C=O) groups excluding carboxylic acids is 3. The summed E-state index contributed by atoms with van der Waals surface area (Å²) in [5.41, 5.74) is 2.12. The molecule has 1 aromatic heterocycles. The zero-order valence-corrected chi connectivity index (χ0v) is 20.3. The van der Waals surface area contributed by atoms with Gasteiger partial charge in [0.2, 0.25) is 0 Å². The normalized spacial score (nSPS) is 12.9. The average molecular weight is 511 g/mol. The SMILES string of the molecule is CNC1(c2cc(F)c(F)c(-c3cccs3)c2)CC1.N#CCNC(=O)C(=O)NCc1ccccc1C=O. The Morgan fingerprint density at radius 1 is 1.11 bits per heavy atom. The highest BCUT2D eigenvalue weighted by molar-refractivity contribution is 7.13. The van der Waals surface area contributed by atoms with Gasteiger partial charge in [-0.15, -0.1) is 11.3 Å². The van der Waals surface area contributed by atoms with Crippen molar-refractivity contribution in [1.29, 1.82) is 5.26 Å². The molecule has 2 aromatic carbocycles. The highest BCUT2D eigenvalue weighted by Gasteiger charge is 2.43. The number of nitriles is 1. The molecule has 1 saturated carbocycles. The van der Waals surface area contributed by atoms with Gasteiger partial charge in [-0.3, -0.25) is 14.4 Å². The minimum absolute atomic E-state index is 0.0771. The van der Waals surface area contributed by atoms with Crippen LogP contribution in [0.3, 0.4) is 0 Å². The van der Waals surface area contributed by atoms with Crippen LogP contribution in [0.2, 0.25) is 0 Å². The summed E-state index contributed by atoms with van der Waals surface area (Å²) in [6.45, 7) is -0.148. The first-order chi connectivity index (χ1) is 17.3. The largest absolute Gasteiger partial charge is 0.344 e. The number of halogens is 2. The van der Waals surface area contributed by atoms with Crippen molar-refractivity contribution in [3.8, 4) is 16.5 Å². The summed E-state index contributed by atoms with van der Waals surface area (Å²) >= 11 is 1.42. The third-order valence-electron chi connectivity index (χ3n) is 5.75. The van der Waals surface area contributed by atoms with Crippen LogP contribution in [0.5, 0.6) is 0 Å². The quantitative estimate of drug-likeness (QED) is 0.255. The molecule has 0 unspecified atom stereocenters. The Morgan fingerprint density at radius 2 is 1.83 bits per heavy atom. The molecule has 3 aromatic rings. The molecule has 7 nitrogen and oxygen atoms in total. The number of hydrogen-bond acceptors (Lipinski definition) is 6. The summed E-state index contributed by atoms with van der Waals surface area (Å²) in [5.74, 6) is -3.24. The molecule has 10 heteroatoms. The van der Waals surface area contributed by atoms with Gasteiger partial charge < -0.3 is 16.0 Å². The van der Waals surface area contributed by atoms with E-state index in [9.17, 15) is 23.2 Å². The van der Waals surface area contributed by atoms with E-state index in [2.05, 4.69) is 16.0 Å². The van der Waals surface area contributed by atoms with Crippen molar-refractivity contribution in [3.05, 3.63) is 82.2 Å². The van der Waals surface area contributed by atoms with E-state index in [4.69, 9.17) is 5.26 Å². The van der Waals surface area contributed by atoms with Gasteiger partial charge in [0.05, 0.1) is 6.07 Å². The predicted molar refractivity (Wildman–Crippen MR) is 132 cm³/mol. The van der Waals surface area contributed by atoms with Gasteiger partial charge in [0.15, 0.2) is 11.6 Å². The van der Waals surface area contributed by atoms with Gasteiger partial charge in [-0.1, -0.05) is 30.3 Å². The number of thiophene rings is 1. The molecule has 0 bridgehead atoms. The van der Waals surface area contributed by atoms with Crippen molar-refractivity contribution in [2.45, 2.75) is 24.9 Å². The molecule has 4 rings (SSSR count). The highest BCUT2D eigenvalue weighted by Crippen LogP contribution is 2.46. The molecule has 36 heavy (non-hydrogen) atoms. The zero-order valence-electron chi connectivity index (χ0n) is 19.4. The molecular weight excluding hydrogens is 486 g/mol. The fraction of sp³-hybridized carbons (Fsp3) is 0.231. The molecule has 0 spiro atoms. The third kappa shape index (κ3) is 6.38. The van der Waals surface area contributed by atoms with Crippen LogP contribution in [0.15, 0.2) is 53.9 Å². The monoisotopic (exact) mass is 510 g/mol. The fourth-order valence-corrected chi connectivity index (χ4v) is 4.29. The molecule has 2 amide bonds. The summed E-state index contributed by atoms with van der Waals surface area (Å²) in [7, 11) is 1.86. The van der Waals surface area contributed by atoms with Crippen LogP contribution in [0.4, 0.5) is 8.78 Å². The van der Waals surface area contributed by atoms with Crippen molar-refractivity contribution in [2.75, 3.05) is 13.6 Å². The van der Waals surface area contributed by atoms with Crippen LogP contribution in [0.1, 0.15) is 34.3 Å². The smallest absolute Gasteiger partial charge is 0.310 e. The molecule has 3 N–H and O–H groups in total. The summed E-state index contributed by atoms with van der Waals surface area (Å²) in [5, 5.41) is 17.8. The molecule has 0 aliphatic heterocycles. The van der Waals surface area contributed by atoms with Gasteiger partial charge in [0.25, 0.3) is 0 Å². The van der Waals surface area contributed by atoms with Crippen LogP contribution < -0.4 is 16.0 Å². The number of rotatable bonds is 7. The minimum atomic E-state index is -0.875. The van der Waals surface area contributed by atoms with Crippen LogP contribution in [-0.2, 0) is 21.7 Å². The Labute approximate surface area is 211 Å². The average Bonchev–Trinajstić information content (AvgIpc) is 3.52. The van der Waals surface area contributed by atoms with Gasteiger partial charge in [-0.2, -0.15) is 5.26 Å². The number of hydrogen-bond donors (Lipinski definition) is 3.